The first kappa shape index (κ1) is 9.21. The largest absolute Gasteiger partial charge is 0.398 e. The molecular formula is C11H12N2S. The number of benzene rings is 1. The van der Waals surface area contributed by atoms with Crippen molar-refractivity contribution in [2.24, 2.45) is 0 Å². The van der Waals surface area contributed by atoms with Gasteiger partial charge in [-0.25, -0.2) is 4.98 Å². The molecule has 0 unspecified atom stereocenters. The molecule has 0 bridgehead atoms. The standard InChI is InChI=1S/C11H12N2S/c1-7-8(2)14-11(13-7)9-5-3-4-6-10(9)12/h3-6H,12H2,1-2H3. The molecule has 0 saturated carbocycles. The van der Waals surface area contributed by atoms with Gasteiger partial charge in [-0.2, -0.15) is 0 Å². The van der Waals surface area contributed by atoms with Gasteiger partial charge in [0, 0.05) is 16.1 Å². The third kappa shape index (κ3) is 1.51. The van der Waals surface area contributed by atoms with E-state index in [9.17, 15) is 0 Å². The van der Waals surface area contributed by atoms with E-state index in [4.69, 9.17) is 5.73 Å². The Labute approximate surface area is 87.4 Å². The van der Waals surface area contributed by atoms with Gasteiger partial charge in [-0.3, -0.25) is 0 Å². The number of aromatic nitrogens is 1. The molecule has 0 atom stereocenters. The lowest BCUT2D eigenvalue weighted by Crippen LogP contribution is -1.88. The van der Waals surface area contributed by atoms with Crippen molar-refractivity contribution in [1.82, 2.24) is 4.98 Å². The van der Waals surface area contributed by atoms with Crippen molar-refractivity contribution in [1.29, 1.82) is 0 Å². The smallest absolute Gasteiger partial charge is 0.125 e. The van der Waals surface area contributed by atoms with Crippen molar-refractivity contribution in [3.05, 3.63) is 34.8 Å². The van der Waals surface area contributed by atoms with Gasteiger partial charge in [0.05, 0.1) is 5.69 Å². The summed E-state index contributed by atoms with van der Waals surface area (Å²) < 4.78 is 0. The van der Waals surface area contributed by atoms with Crippen molar-refractivity contribution >= 4 is 17.0 Å². The topological polar surface area (TPSA) is 38.9 Å². The van der Waals surface area contributed by atoms with E-state index in [0.717, 1.165) is 22.0 Å². The Kier molecular flexibility index (Phi) is 2.25. The molecule has 0 aliphatic rings. The van der Waals surface area contributed by atoms with Gasteiger partial charge in [-0.15, -0.1) is 11.3 Å². The van der Waals surface area contributed by atoms with Crippen molar-refractivity contribution in [3.63, 3.8) is 0 Å². The molecule has 1 heterocycles. The Morgan fingerprint density at radius 1 is 1.21 bits per heavy atom. The van der Waals surface area contributed by atoms with Crippen LogP contribution in [0.15, 0.2) is 24.3 Å². The van der Waals surface area contributed by atoms with Crippen LogP contribution in [-0.4, -0.2) is 4.98 Å². The normalized spacial score (nSPS) is 10.4. The Bertz CT molecular complexity index is 441. The van der Waals surface area contributed by atoms with Crippen LogP contribution in [0.3, 0.4) is 0 Å². The van der Waals surface area contributed by atoms with Crippen LogP contribution in [0.1, 0.15) is 10.6 Å². The second kappa shape index (κ2) is 3.42. The molecule has 0 saturated heterocycles. The highest BCUT2D eigenvalue weighted by Crippen LogP contribution is 2.30. The molecule has 0 fully saturated rings. The van der Waals surface area contributed by atoms with E-state index in [-0.39, 0.29) is 0 Å². The maximum absolute atomic E-state index is 5.88. The SMILES string of the molecule is Cc1nc(-c2ccccc2N)sc1C. The van der Waals surface area contributed by atoms with E-state index >= 15 is 0 Å². The zero-order chi connectivity index (χ0) is 10.1. The van der Waals surface area contributed by atoms with Crippen molar-refractivity contribution in [2.75, 3.05) is 5.73 Å². The van der Waals surface area contributed by atoms with Crippen molar-refractivity contribution in [3.8, 4) is 10.6 Å². The maximum Gasteiger partial charge on any atom is 0.125 e. The molecule has 3 heteroatoms. The van der Waals surface area contributed by atoms with Crippen LogP contribution in [0.4, 0.5) is 5.69 Å². The number of aryl methyl sites for hydroxylation is 2. The highest BCUT2D eigenvalue weighted by atomic mass is 32.1. The first-order valence-corrected chi connectivity index (χ1v) is 5.29. The van der Waals surface area contributed by atoms with Gasteiger partial charge >= 0.3 is 0 Å². The zero-order valence-electron chi connectivity index (χ0n) is 8.24. The number of para-hydroxylation sites is 1. The fourth-order valence-corrected chi connectivity index (χ4v) is 2.24. The molecule has 0 amide bonds. The Balaban J connectivity index is 2.55. The molecule has 0 spiro atoms. The number of hydrogen-bond acceptors (Lipinski definition) is 3. The number of anilines is 1. The Morgan fingerprint density at radius 2 is 1.93 bits per heavy atom. The molecule has 14 heavy (non-hydrogen) atoms. The summed E-state index contributed by atoms with van der Waals surface area (Å²) in [6, 6.07) is 7.83. The molecule has 0 radical (unpaired) electrons. The molecule has 2 aromatic rings. The first-order chi connectivity index (χ1) is 6.68. The van der Waals surface area contributed by atoms with Crippen LogP contribution in [0.2, 0.25) is 0 Å². The minimum atomic E-state index is 0.793. The summed E-state index contributed by atoms with van der Waals surface area (Å²) in [5.41, 5.74) is 8.80. The lowest BCUT2D eigenvalue weighted by molar-refractivity contribution is 1.23. The van der Waals surface area contributed by atoms with Crippen molar-refractivity contribution in [2.45, 2.75) is 13.8 Å². The van der Waals surface area contributed by atoms with Crippen molar-refractivity contribution < 1.29 is 0 Å². The number of nitrogens with two attached hydrogens (primary N) is 1. The van der Waals surface area contributed by atoms with Crippen LogP contribution in [-0.2, 0) is 0 Å². The van der Waals surface area contributed by atoms with E-state index in [1.807, 2.05) is 31.2 Å². The lowest BCUT2D eigenvalue weighted by Gasteiger charge is -1.99. The first-order valence-electron chi connectivity index (χ1n) is 4.47. The van der Waals surface area contributed by atoms with Gasteiger partial charge in [-0.05, 0) is 26.0 Å². The van der Waals surface area contributed by atoms with Crippen LogP contribution in [0.5, 0.6) is 0 Å². The zero-order valence-corrected chi connectivity index (χ0v) is 9.06. The number of rotatable bonds is 1. The molecule has 2 rings (SSSR count). The van der Waals surface area contributed by atoms with Gasteiger partial charge in [0.2, 0.25) is 0 Å². The summed E-state index contributed by atoms with van der Waals surface area (Å²) in [5, 5.41) is 1.01. The van der Waals surface area contributed by atoms with Gasteiger partial charge in [-0.1, -0.05) is 12.1 Å². The molecule has 2 nitrogen and oxygen atoms in total. The highest BCUT2D eigenvalue weighted by Gasteiger charge is 2.07. The van der Waals surface area contributed by atoms with E-state index in [1.54, 1.807) is 11.3 Å². The summed E-state index contributed by atoms with van der Waals surface area (Å²) in [4.78, 5) is 5.73. The monoisotopic (exact) mass is 204 g/mol. The summed E-state index contributed by atoms with van der Waals surface area (Å²) in [6.07, 6.45) is 0. The maximum atomic E-state index is 5.88. The van der Waals surface area contributed by atoms with Gasteiger partial charge in [0.15, 0.2) is 0 Å². The van der Waals surface area contributed by atoms with Crippen LogP contribution in [0.25, 0.3) is 10.6 Å². The van der Waals surface area contributed by atoms with Gasteiger partial charge < -0.3 is 5.73 Å². The van der Waals surface area contributed by atoms with E-state index in [0.29, 0.717) is 0 Å². The molecule has 0 aliphatic carbocycles. The van der Waals surface area contributed by atoms with Gasteiger partial charge in [0.1, 0.15) is 5.01 Å². The third-order valence-corrected chi connectivity index (χ3v) is 3.33. The number of nitrogen functional groups attached to an aromatic ring is 1. The average Bonchev–Trinajstić information content (AvgIpc) is 2.48. The average molecular weight is 204 g/mol. The summed E-state index contributed by atoms with van der Waals surface area (Å²) in [6.45, 7) is 4.10. The third-order valence-electron chi connectivity index (χ3n) is 2.22. The van der Waals surface area contributed by atoms with Crippen LogP contribution < -0.4 is 5.73 Å². The summed E-state index contributed by atoms with van der Waals surface area (Å²) >= 11 is 1.69. The minimum Gasteiger partial charge on any atom is -0.398 e. The fourth-order valence-electron chi connectivity index (χ4n) is 1.28. The molecule has 1 aromatic heterocycles. The Hall–Kier alpha value is -1.35. The number of nitrogens with zero attached hydrogens (tertiary/aromatic N) is 1. The van der Waals surface area contributed by atoms with Crippen LogP contribution in [0, 0.1) is 13.8 Å². The second-order valence-corrected chi connectivity index (χ2v) is 4.45. The molecule has 2 N–H and O–H groups in total. The van der Waals surface area contributed by atoms with Gasteiger partial charge in [0.25, 0.3) is 0 Å². The predicted molar refractivity (Wildman–Crippen MR) is 61.4 cm³/mol. The highest BCUT2D eigenvalue weighted by molar-refractivity contribution is 7.15. The number of thiazole rings is 1. The van der Waals surface area contributed by atoms with E-state index < -0.39 is 0 Å². The Morgan fingerprint density at radius 3 is 2.50 bits per heavy atom. The molecular weight excluding hydrogens is 192 g/mol. The molecule has 72 valence electrons. The molecule has 1 aromatic carbocycles. The van der Waals surface area contributed by atoms with Crippen LogP contribution >= 0.6 is 11.3 Å². The predicted octanol–water partition coefficient (Wildman–Crippen LogP) is 3.01. The minimum absolute atomic E-state index is 0.793. The quantitative estimate of drug-likeness (QED) is 0.725. The summed E-state index contributed by atoms with van der Waals surface area (Å²) in [7, 11) is 0. The van der Waals surface area contributed by atoms with E-state index in [2.05, 4.69) is 11.9 Å². The lowest BCUT2D eigenvalue weighted by atomic mass is 10.2. The summed E-state index contributed by atoms with van der Waals surface area (Å²) in [5.74, 6) is 0. The molecule has 0 aliphatic heterocycles. The number of hydrogen-bond donors (Lipinski definition) is 1. The van der Waals surface area contributed by atoms with E-state index in [1.165, 1.54) is 4.88 Å². The fraction of sp³-hybridized carbons (Fsp3) is 0.182. The second-order valence-electron chi connectivity index (χ2n) is 3.25.